The highest BCUT2D eigenvalue weighted by atomic mass is 35.5. The van der Waals surface area contributed by atoms with Crippen LogP contribution < -0.4 is 15.5 Å². The van der Waals surface area contributed by atoms with Gasteiger partial charge in [0.15, 0.2) is 0 Å². The zero-order valence-electron chi connectivity index (χ0n) is 17.0. The number of carbonyl (C=O) groups is 2. The lowest BCUT2D eigenvalue weighted by Gasteiger charge is -2.30. The monoisotopic (exact) mass is 455 g/mol. The Kier molecular flexibility index (Phi) is 6.56. The van der Waals surface area contributed by atoms with Crippen molar-refractivity contribution in [1.29, 1.82) is 0 Å². The second-order valence-electron chi connectivity index (χ2n) is 7.18. The Balaban J connectivity index is 1.65. The molecule has 2 aromatic carbocycles. The fourth-order valence-corrected chi connectivity index (χ4v) is 4.19. The molecule has 1 saturated heterocycles. The number of nitrogens with zero attached hydrogens (tertiary/aromatic N) is 1. The van der Waals surface area contributed by atoms with E-state index in [1.807, 2.05) is 36.6 Å². The summed E-state index contributed by atoms with van der Waals surface area (Å²) < 4.78 is 5.45. The van der Waals surface area contributed by atoms with Crippen molar-refractivity contribution in [3.05, 3.63) is 74.9 Å². The maximum Gasteiger partial charge on any atom is 0.265 e. The average molecular weight is 456 g/mol. The van der Waals surface area contributed by atoms with Gasteiger partial charge in [0.1, 0.15) is 0 Å². The van der Waals surface area contributed by atoms with Crippen molar-refractivity contribution < 1.29 is 14.3 Å². The number of thiophene rings is 1. The molecule has 3 aromatic rings. The van der Waals surface area contributed by atoms with Crippen LogP contribution in [-0.4, -0.2) is 38.1 Å². The number of carbonyl (C=O) groups excluding carboxylic acids is 2. The van der Waals surface area contributed by atoms with Crippen molar-refractivity contribution in [3.63, 3.8) is 0 Å². The predicted molar refractivity (Wildman–Crippen MR) is 126 cm³/mol. The molecule has 0 atom stereocenters. The fraction of sp³-hybridized carbons (Fsp3) is 0.217. The predicted octanol–water partition coefficient (Wildman–Crippen LogP) is 5.05. The molecule has 2 amide bonds. The third kappa shape index (κ3) is 5.07. The van der Waals surface area contributed by atoms with Gasteiger partial charge < -0.3 is 20.3 Å². The van der Waals surface area contributed by atoms with Gasteiger partial charge in [0, 0.05) is 35.2 Å². The van der Waals surface area contributed by atoms with Crippen LogP contribution >= 0.6 is 22.9 Å². The van der Waals surface area contributed by atoms with Crippen molar-refractivity contribution in [2.45, 2.75) is 6.92 Å². The van der Waals surface area contributed by atoms with Gasteiger partial charge in [-0.05, 0) is 54.3 Å². The van der Waals surface area contributed by atoms with Crippen molar-refractivity contribution in [2.24, 2.45) is 0 Å². The van der Waals surface area contributed by atoms with Crippen molar-refractivity contribution in [2.75, 3.05) is 41.8 Å². The molecule has 6 nitrogen and oxygen atoms in total. The molecule has 31 heavy (non-hydrogen) atoms. The van der Waals surface area contributed by atoms with E-state index in [9.17, 15) is 9.59 Å². The van der Waals surface area contributed by atoms with E-state index in [-0.39, 0.29) is 11.8 Å². The molecule has 1 fully saturated rings. The standard InChI is InChI=1S/C23H22ClN3O3S/c1-15-4-5-16(24)13-19(15)26-22(28)18-14-17(25-23(29)21-3-2-12-31-21)6-7-20(18)27-8-10-30-11-9-27/h2-7,12-14H,8-11H2,1H3,(H,25,29)(H,26,28). The summed E-state index contributed by atoms with van der Waals surface area (Å²) >= 11 is 7.48. The molecule has 0 radical (unpaired) electrons. The molecule has 8 heteroatoms. The molecule has 1 aliphatic heterocycles. The zero-order chi connectivity index (χ0) is 21.8. The lowest BCUT2D eigenvalue weighted by atomic mass is 10.1. The third-order valence-electron chi connectivity index (χ3n) is 5.04. The van der Waals surface area contributed by atoms with Gasteiger partial charge in [-0.25, -0.2) is 0 Å². The molecule has 0 bridgehead atoms. The molecule has 1 aromatic heterocycles. The summed E-state index contributed by atoms with van der Waals surface area (Å²) in [5.41, 5.74) is 3.40. The van der Waals surface area contributed by atoms with Gasteiger partial charge in [-0.3, -0.25) is 9.59 Å². The molecule has 1 aliphatic rings. The number of morpholine rings is 1. The summed E-state index contributed by atoms with van der Waals surface area (Å²) in [6, 6.07) is 14.4. The smallest absolute Gasteiger partial charge is 0.265 e. The Morgan fingerprint density at radius 3 is 2.58 bits per heavy atom. The van der Waals surface area contributed by atoms with E-state index in [2.05, 4.69) is 15.5 Å². The largest absolute Gasteiger partial charge is 0.378 e. The minimum Gasteiger partial charge on any atom is -0.378 e. The number of amides is 2. The number of hydrogen-bond donors (Lipinski definition) is 2. The Morgan fingerprint density at radius 2 is 1.84 bits per heavy atom. The van der Waals surface area contributed by atoms with Crippen LogP contribution in [0.4, 0.5) is 17.1 Å². The maximum atomic E-state index is 13.3. The fourth-order valence-electron chi connectivity index (χ4n) is 3.39. The summed E-state index contributed by atoms with van der Waals surface area (Å²) in [6.07, 6.45) is 0. The van der Waals surface area contributed by atoms with Crippen LogP contribution in [0, 0.1) is 6.92 Å². The lowest BCUT2D eigenvalue weighted by molar-refractivity contribution is 0.101. The molecule has 0 unspecified atom stereocenters. The Hall–Kier alpha value is -2.87. The molecule has 0 aliphatic carbocycles. The number of nitrogens with one attached hydrogen (secondary N) is 2. The molecular formula is C23H22ClN3O3S. The highest BCUT2D eigenvalue weighted by molar-refractivity contribution is 7.12. The summed E-state index contributed by atoms with van der Waals surface area (Å²) in [5, 5.41) is 8.24. The van der Waals surface area contributed by atoms with E-state index in [0.29, 0.717) is 53.1 Å². The number of hydrogen-bond acceptors (Lipinski definition) is 5. The summed E-state index contributed by atoms with van der Waals surface area (Å²) in [6.45, 7) is 4.50. The quantitative estimate of drug-likeness (QED) is 0.564. The second kappa shape index (κ2) is 9.51. The number of benzene rings is 2. The normalized spacial score (nSPS) is 13.7. The molecule has 0 saturated carbocycles. The minimum absolute atomic E-state index is 0.203. The van der Waals surface area contributed by atoms with Crippen LogP contribution in [-0.2, 0) is 4.74 Å². The van der Waals surface area contributed by atoms with Gasteiger partial charge >= 0.3 is 0 Å². The van der Waals surface area contributed by atoms with Gasteiger partial charge in [-0.2, -0.15) is 0 Å². The first-order valence-corrected chi connectivity index (χ1v) is 11.2. The Labute approximate surface area is 189 Å². The van der Waals surface area contributed by atoms with Crippen molar-refractivity contribution in [1.82, 2.24) is 0 Å². The lowest BCUT2D eigenvalue weighted by Crippen LogP contribution is -2.37. The van der Waals surface area contributed by atoms with E-state index in [4.69, 9.17) is 16.3 Å². The van der Waals surface area contributed by atoms with Crippen LogP contribution in [0.5, 0.6) is 0 Å². The SMILES string of the molecule is Cc1ccc(Cl)cc1NC(=O)c1cc(NC(=O)c2cccs2)ccc1N1CCOCC1. The molecule has 2 N–H and O–H groups in total. The first kappa shape index (κ1) is 21.4. The summed E-state index contributed by atoms with van der Waals surface area (Å²) in [7, 11) is 0. The van der Waals surface area contributed by atoms with Crippen LogP contribution in [0.25, 0.3) is 0 Å². The van der Waals surface area contributed by atoms with Crippen LogP contribution in [0.3, 0.4) is 0 Å². The summed E-state index contributed by atoms with van der Waals surface area (Å²) in [5.74, 6) is -0.467. The van der Waals surface area contributed by atoms with Gasteiger partial charge in [0.25, 0.3) is 11.8 Å². The van der Waals surface area contributed by atoms with Gasteiger partial charge in [0.2, 0.25) is 0 Å². The molecule has 160 valence electrons. The van der Waals surface area contributed by atoms with E-state index in [0.717, 1.165) is 11.3 Å². The average Bonchev–Trinajstić information content (AvgIpc) is 3.32. The molecule has 2 heterocycles. The molecule has 4 rings (SSSR count). The van der Waals surface area contributed by atoms with E-state index in [1.165, 1.54) is 11.3 Å². The van der Waals surface area contributed by atoms with E-state index in [1.54, 1.807) is 24.3 Å². The van der Waals surface area contributed by atoms with Crippen molar-refractivity contribution in [3.8, 4) is 0 Å². The highest BCUT2D eigenvalue weighted by Gasteiger charge is 2.21. The number of ether oxygens (including phenoxy) is 1. The van der Waals surface area contributed by atoms with Crippen molar-refractivity contribution >= 4 is 51.8 Å². The van der Waals surface area contributed by atoms with Crippen LogP contribution in [0.1, 0.15) is 25.6 Å². The second-order valence-corrected chi connectivity index (χ2v) is 8.56. The molecular weight excluding hydrogens is 434 g/mol. The van der Waals surface area contributed by atoms with Gasteiger partial charge in [-0.1, -0.05) is 23.7 Å². The number of halogens is 1. The van der Waals surface area contributed by atoms with E-state index >= 15 is 0 Å². The maximum absolute atomic E-state index is 13.3. The highest BCUT2D eigenvalue weighted by Crippen LogP contribution is 2.28. The van der Waals surface area contributed by atoms with Gasteiger partial charge in [-0.15, -0.1) is 11.3 Å². The van der Waals surface area contributed by atoms with Crippen LogP contribution in [0.2, 0.25) is 5.02 Å². The Bertz CT molecular complexity index is 1100. The van der Waals surface area contributed by atoms with Gasteiger partial charge in [0.05, 0.1) is 23.7 Å². The zero-order valence-corrected chi connectivity index (χ0v) is 18.6. The number of aryl methyl sites for hydroxylation is 1. The first-order valence-electron chi connectivity index (χ1n) is 9.90. The third-order valence-corrected chi connectivity index (χ3v) is 6.15. The summed E-state index contributed by atoms with van der Waals surface area (Å²) in [4.78, 5) is 28.5. The Morgan fingerprint density at radius 1 is 1.03 bits per heavy atom. The number of anilines is 3. The van der Waals surface area contributed by atoms with E-state index < -0.39 is 0 Å². The first-order chi connectivity index (χ1) is 15.0. The molecule has 0 spiro atoms. The number of rotatable bonds is 5. The van der Waals surface area contributed by atoms with Crippen LogP contribution in [0.15, 0.2) is 53.9 Å². The topological polar surface area (TPSA) is 70.7 Å². The minimum atomic E-state index is -0.265.